The first-order chi connectivity index (χ1) is 3.62. The molecule has 0 rings (SSSR count). The monoisotopic (exact) mass is 156 g/mol. The summed E-state index contributed by atoms with van der Waals surface area (Å²) in [7, 11) is -3.41. The van der Waals surface area contributed by atoms with Crippen molar-refractivity contribution in [1.29, 1.82) is 0 Å². The zero-order valence-corrected chi connectivity index (χ0v) is 6.35. The zero-order chi connectivity index (χ0) is 6.62. The second-order valence-corrected chi connectivity index (χ2v) is 4.17. The number of hydrogen-bond acceptors (Lipinski definition) is 3. The van der Waals surface area contributed by atoms with Gasteiger partial charge in [-0.25, -0.2) is 0 Å². The van der Waals surface area contributed by atoms with Gasteiger partial charge in [0.05, 0.1) is 11.9 Å². The van der Waals surface area contributed by atoms with E-state index in [1.807, 2.05) is 6.92 Å². The van der Waals surface area contributed by atoms with Crippen LogP contribution in [0.5, 0.6) is 0 Å². The van der Waals surface area contributed by atoms with Crippen molar-refractivity contribution in [2.75, 3.05) is 0 Å². The molecule has 0 heterocycles. The summed E-state index contributed by atoms with van der Waals surface area (Å²) in [6.45, 7) is 1.82. The summed E-state index contributed by atoms with van der Waals surface area (Å²) >= 11 is 4.73. The van der Waals surface area contributed by atoms with Crippen molar-refractivity contribution in [3.05, 3.63) is 0 Å². The van der Waals surface area contributed by atoms with Crippen LogP contribution >= 0.6 is 11.9 Å². The summed E-state index contributed by atoms with van der Waals surface area (Å²) in [5, 5.41) is 0. The molecule has 0 spiro atoms. The minimum Gasteiger partial charge on any atom is -0.389 e. The summed E-state index contributed by atoms with van der Waals surface area (Å²) in [4.78, 5) is 17.3. The van der Waals surface area contributed by atoms with Crippen molar-refractivity contribution in [3.63, 3.8) is 0 Å². The molecule has 0 aromatic heterocycles. The molecular formula is C3H9ClO3Si. The Morgan fingerprint density at radius 3 is 2.25 bits per heavy atom. The second kappa shape index (κ2) is 3.42. The van der Waals surface area contributed by atoms with E-state index >= 15 is 0 Å². The van der Waals surface area contributed by atoms with Crippen molar-refractivity contribution in [2.24, 2.45) is 0 Å². The van der Waals surface area contributed by atoms with Crippen LogP contribution in [0.1, 0.15) is 13.3 Å². The maximum atomic E-state index is 8.66. The highest BCUT2D eigenvalue weighted by Crippen LogP contribution is 2.07. The minimum atomic E-state index is -3.41. The van der Waals surface area contributed by atoms with Crippen LogP contribution < -0.4 is 0 Å². The molecule has 0 unspecified atom stereocenters. The Labute approximate surface area is 54.4 Å². The van der Waals surface area contributed by atoms with Crippen LogP contribution in [0.15, 0.2) is 0 Å². The molecule has 0 saturated carbocycles. The van der Waals surface area contributed by atoms with Gasteiger partial charge >= 0.3 is 8.80 Å². The third-order valence-electron chi connectivity index (χ3n) is 0.699. The fourth-order valence-electron chi connectivity index (χ4n) is 0.364. The topological polar surface area (TPSA) is 49.7 Å². The van der Waals surface area contributed by atoms with Gasteiger partial charge in [-0.3, -0.25) is 3.98 Å². The average Bonchev–Trinajstić information content (AvgIpc) is 1.67. The molecule has 0 saturated heterocycles. The molecule has 0 aromatic carbocycles. The molecule has 0 amide bonds. The van der Waals surface area contributed by atoms with Gasteiger partial charge in [0.25, 0.3) is 0 Å². The van der Waals surface area contributed by atoms with Gasteiger partial charge in [-0.1, -0.05) is 13.3 Å². The second-order valence-electron chi connectivity index (χ2n) is 1.57. The smallest absolute Gasteiger partial charge is 0.389 e. The maximum absolute atomic E-state index is 8.66. The predicted molar refractivity (Wildman–Crippen MR) is 32.2 cm³/mol. The lowest BCUT2D eigenvalue weighted by Gasteiger charge is -2.09. The Kier molecular flexibility index (Phi) is 3.59. The molecule has 0 aliphatic rings. The van der Waals surface area contributed by atoms with Gasteiger partial charge in [-0.05, 0) is 0 Å². The number of halogens is 1. The standard InChI is InChI=1S/C3H9ClO3Si/c1-2-3-8(5,6)7-4/h5-6H,2-3H2,1H3. The fraction of sp³-hybridized carbons (Fsp3) is 1.00. The summed E-state index contributed by atoms with van der Waals surface area (Å²) in [5.74, 6) is 0. The summed E-state index contributed by atoms with van der Waals surface area (Å²) in [6, 6.07) is 0.260. The van der Waals surface area contributed by atoms with Gasteiger partial charge in [0.2, 0.25) is 0 Å². The first-order valence-corrected chi connectivity index (χ1v) is 4.68. The maximum Gasteiger partial charge on any atom is 0.512 e. The van der Waals surface area contributed by atoms with E-state index in [0.29, 0.717) is 6.42 Å². The van der Waals surface area contributed by atoms with E-state index < -0.39 is 8.80 Å². The van der Waals surface area contributed by atoms with Crippen LogP contribution in [-0.2, 0) is 3.98 Å². The molecule has 5 heteroatoms. The van der Waals surface area contributed by atoms with E-state index in [2.05, 4.69) is 3.98 Å². The number of rotatable bonds is 3. The lowest BCUT2D eigenvalue weighted by molar-refractivity contribution is 0.249. The normalized spacial score (nSPS) is 12.0. The lowest BCUT2D eigenvalue weighted by atomic mass is 10.6. The van der Waals surface area contributed by atoms with Crippen LogP contribution in [0.25, 0.3) is 0 Å². The van der Waals surface area contributed by atoms with Gasteiger partial charge in [0.1, 0.15) is 0 Å². The minimum absolute atomic E-state index is 0.260. The fourth-order valence-corrected chi connectivity index (χ4v) is 1.32. The molecular weight excluding hydrogens is 148 g/mol. The summed E-state index contributed by atoms with van der Waals surface area (Å²) in [6.07, 6.45) is 0.673. The quantitative estimate of drug-likeness (QED) is 0.585. The molecule has 3 nitrogen and oxygen atoms in total. The van der Waals surface area contributed by atoms with Crippen LogP contribution in [0.4, 0.5) is 0 Å². The van der Waals surface area contributed by atoms with Crippen LogP contribution in [0.2, 0.25) is 6.04 Å². The van der Waals surface area contributed by atoms with Crippen molar-refractivity contribution < 1.29 is 13.6 Å². The molecule has 0 bridgehead atoms. The Morgan fingerprint density at radius 1 is 1.62 bits per heavy atom. The van der Waals surface area contributed by atoms with E-state index in [0.717, 1.165) is 0 Å². The third kappa shape index (κ3) is 3.40. The van der Waals surface area contributed by atoms with E-state index in [1.165, 1.54) is 0 Å². The van der Waals surface area contributed by atoms with Crippen molar-refractivity contribution >= 4 is 20.7 Å². The van der Waals surface area contributed by atoms with Gasteiger partial charge in [0.15, 0.2) is 0 Å². The number of hydrogen-bond donors (Lipinski definition) is 2. The third-order valence-corrected chi connectivity index (χ3v) is 2.84. The van der Waals surface area contributed by atoms with Crippen LogP contribution in [0.3, 0.4) is 0 Å². The van der Waals surface area contributed by atoms with E-state index in [4.69, 9.17) is 21.5 Å². The lowest BCUT2D eigenvalue weighted by Crippen LogP contribution is -2.35. The van der Waals surface area contributed by atoms with Crippen LogP contribution in [-0.4, -0.2) is 18.4 Å². The molecule has 0 atom stereocenters. The molecule has 0 aliphatic heterocycles. The average molecular weight is 157 g/mol. The van der Waals surface area contributed by atoms with Gasteiger partial charge in [0, 0.05) is 6.04 Å². The highest BCUT2D eigenvalue weighted by Gasteiger charge is 2.30. The molecule has 50 valence electrons. The van der Waals surface area contributed by atoms with Crippen LogP contribution in [0, 0.1) is 0 Å². The highest BCUT2D eigenvalue weighted by atomic mass is 35.5. The highest BCUT2D eigenvalue weighted by molar-refractivity contribution is 6.61. The van der Waals surface area contributed by atoms with E-state index in [1.54, 1.807) is 0 Å². The Hall–Kier alpha value is 0.387. The van der Waals surface area contributed by atoms with Crippen molar-refractivity contribution in [3.8, 4) is 0 Å². The largest absolute Gasteiger partial charge is 0.512 e. The van der Waals surface area contributed by atoms with Gasteiger partial charge < -0.3 is 9.59 Å². The zero-order valence-electron chi connectivity index (χ0n) is 4.59. The van der Waals surface area contributed by atoms with Crippen molar-refractivity contribution in [2.45, 2.75) is 19.4 Å². The van der Waals surface area contributed by atoms with E-state index in [9.17, 15) is 0 Å². The molecule has 8 heavy (non-hydrogen) atoms. The summed E-state index contributed by atoms with van der Waals surface area (Å²) in [5.41, 5.74) is 0. The molecule has 0 aliphatic carbocycles. The van der Waals surface area contributed by atoms with E-state index in [-0.39, 0.29) is 6.04 Å². The first kappa shape index (κ1) is 8.39. The molecule has 0 radical (unpaired) electrons. The first-order valence-electron chi connectivity index (χ1n) is 2.37. The molecule has 2 N–H and O–H groups in total. The summed E-state index contributed by atoms with van der Waals surface area (Å²) < 4.78 is 3.90. The Bertz CT molecular complexity index is 67.5. The van der Waals surface area contributed by atoms with Gasteiger partial charge in [-0.2, -0.15) is 0 Å². The van der Waals surface area contributed by atoms with Crippen molar-refractivity contribution in [1.82, 2.24) is 0 Å². The van der Waals surface area contributed by atoms with Gasteiger partial charge in [-0.15, -0.1) is 0 Å². The SMILES string of the molecule is CCC[Si](O)(O)OCl. The molecule has 0 aromatic rings. The molecule has 0 fully saturated rings. The Morgan fingerprint density at radius 2 is 2.12 bits per heavy atom. The predicted octanol–water partition coefficient (Wildman–Crippen LogP) is 0.490. The Balaban J connectivity index is 3.37.